The summed E-state index contributed by atoms with van der Waals surface area (Å²) in [5.74, 6) is -4.35. The van der Waals surface area contributed by atoms with E-state index in [9.17, 15) is 39.0 Å². The number of amides is 5. The van der Waals surface area contributed by atoms with Gasteiger partial charge in [-0.15, -0.1) is 0 Å². The zero-order valence-corrected chi connectivity index (χ0v) is 32.4. The van der Waals surface area contributed by atoms with Crippen LogP contribution < -0.4 is 26.6 Å². The molecule has 0 aromatic rings. The number of hydrogen-bond donors (Lipinski definition) is 7. The Morgan fingerprint density at radius 1 is 0.647 bits per heavy atom. The fraction of sp³-hybridized carbons (Fsp3) is 0.838. The molecule has 0 aromatic heterocycles. The van der Waals surface area contributed by atoms with Gasteiger partial charge in [0.25, 0.3) is 0 Å². The van der Waals surface area contributed by atoms with E-state index in [4.69, 9.17) is 4.74 Å². The molecule has 0 unspecified atom stereocenters. The predicted molar refractivity (Wildman–Crippen MR) is 194 cm³/mol. The molecule has 0 aliphatic carbocycles. The minimum absolute atomic E-state index is 0.0504. The molecule has 1 fully saturated rings. The zero-order chi connectivity index (χ0) is 38.8. The lowest BCUT2D eigenvalue weighted by atomic mass is 9.97. The van der Waals surface area contributed by atoms with Crippen LogP contribution in [0.4, 0.5) is 0 Å². The summed E-state index contributed by atoms with van der Waals surface area (Å²) in [6.07, 6.45) is 3.51. The highest BCUT2D eigenvalue weighted by atomic mass is 16.5. The molecule has 0 bridgehead atoms. The Bertz CT molecular complexity index is 1130. The Hall–Kier alpha value is -3.26. The Labute approximate surface area is 304 Å². The molecule has 1 aliphatic rings. The van der Waals surface area contributed by atoms with Crippen LogP contribution in [0.5, 0.6) is 0 Å². The van der Waals surface area contributed by atoms with Crippen molar-refractivity contribution in [2.24, 2.45) is 23.7 Å². The van der Waals surface area contributed by atoms with Crippen LogP contribution in [0.25, 0.3) is 0 Å². The van der Waals surface area contributed by atoms with Crippen LogP contribution in [0, 0.1) is 23.7 Å². The Kier molecular flexibility index (Phi) is 20.9. The quantitative estimate of drug-likeness (QED) is 0.0973. The fourth-order valence-corrected chi connectivity index (χ4v) is 5.89. The van der Waals surface area contributed by atoms with Gasteiger partial charge in [-0.25, -0.2) is 4.79 Å². The fourth-order valence-electron chi connectivity index (χ4n) is 5.89. The van der Waals surface area contributed by atoms with Crippen molar-refractivity contribution in [3.05, 3.63) is 0 Å². The summed E-state index contributed by atoms with van der Waals surface area (Å²) in [6, 6.07) is -6.40. The van der Waals surface area contributed by atoms with Crippen molar-refractivity contribution in [1.82, 2.24) is 26.6 Å². The molecular formula is C37H67N5O9. The summed E-state index contributed by atoms with van der Waals surface area (Å²) < 4.78 is 5.97. The molecule has 51 heavy (non-hydrogen) atoms. The maximum Gasteiger partial charge on any atom is 0.329 e. The first-order valence-electron chi connectivity index (χ1n) is 18.9. The van der Waals surface area contributed by atoms with Crippen LogP contribution in [-0.4, -0.2) is 94.7 Å². The van der Waals surface area contributed by atoms with Gasteiger partial charge in [0, 0.05) is 0 Å². The number of hydrogen-bond acceptors (Lipinski definition) is 9. The minimum atomic E-state index is -1.55. The third-order valence-electron chi connectivity index (χ3n) is 9.10. The van der Waals surface area contributed by atoms with Crippen molar-refractivity contribution in [2.75, 3.05) is 6.61 Å². The summed E-state index contributed by atoms with van der Waals surface area (Å²) in [7, 11) is 0. The monoisotopic (exact) mass is 725 g/mol. The van der Waals surface area contributed by atoms with Crippen LogP contribution in [0.2, 0.25) is 0 Å². The number of rotatable bonds is 15. The lowest BCUT2D eigenvalue weighted by Gasteiger charge is -2.29. The molecule has 0 radical (unpaired) electrons. The van der Waals surface area contributed by atoms with Crippen molar-refractivity contribution in [3.63, 3.8) is 0 Å². The van der Waals surface area contributed by atoms with E-state index in [0.29, 0.717) is 25.2 Å². The normalized spacial score (nSPS) is 26.2. The van der Waals surface area contributed by atoms with Crippen molar-refractivity contribution < 1.29 is 43.7 Å². The maximum absolute atomic E-state index is 13.8. The van der Waals surface area contributed by atoms with Crippen molar-refractivity contribution >= 4 is 35.5 Å². The Morgan fingerprint density at radius 2 is 1.16 bits per heavy atom. The molecule has 0 spiro atoms. The van der Waals surface area contributed by atoms with Crippen LogP contribution in [0.15, 0.2) is 0 Å². The minimum Gasteiger partial charge on any atom is -0.460 e. The average Bonchev–Trinajstić information content (AvgIpc) is 3.03. The second kappa shape index (κ2) is 23.3. The molecule has 0 aromatic carbocycles. The molecule has 1 aliphatic heterocycles. The van der Waals surface area contributed by atoms with E-state index in [2.05, 4.69) is 40.4 Å². The van der Waals surface area contributed by atoms with Gasteiger partial charge in [0.2, 0.25) is 29.5 Å². The first-order chi connectivity index (χ1) is 23.9. The zero-order valence-electron chi connectivity index (χ0n) is 32.4. The van der Waals surface area contributed by atoms with E-state index in [-0.39, 0.29) is 37.0 Å². The number of aliphatic hydroxyl groups excluding tert-OH is 2. The lowest BCUT2D eigenvalue weighted by molar-refractivity contribution is -0.156. The largest absolute Gasteiger partial charge is 0.460 e. The number of ether oxygens (including phenoxy) is 1. The van der Waals surface area contributed by atoms with Gasteiger partial charge in [-0.2, -0.15) is 0 Å². The molecule has 7 N–H and O–H groups in total. The number of nitrogens with one attached hydrogen (secondary N) is 5. The molecule has 294 valence electrons. The van der Waals surface area contributed by atoms with Crippen LogP contribution in [0.3, 0.4) is 0 Å². The number of esters is 1. The molecule has 1 heterocycles. The highest BCUT2D eigenvalue weighted by Crippen LogP contribution is 2.19. The van der Waals surface area contributed by atoms with Gasteiger partial charge in [-0.05, 0) is 56.3 Å². The third kappa shape index (κ3) is 17.2. The number of carbonyl (C=O) groups is 6. The molecule has 5 amide bonds. The molecule has 8 atom stereocenters. The summed E-state index contributed by atoms with van der Waals surface area (Å²) in [5, 5.41) is 33.4. The first-order valence-corrected chi connectivity index (χ1v) is 18.9. The standard InChI is InChI=1S/C37H67N5O9/c1-10-24(8)31-37(50)51-26(16-14-12-11-13-15-21(2)3)19-30(45)38-27(17-22(4)5)33(46)40-29(20-43)35(48)42-32(25(9)44)36(49)39-28(18-23(6)7)34(47)41-31/h21-29,31-32,43-44H,10-20H2,1-9H3,(H,38,45)(H,39,49)(H,40,46)(H,41,47)(H,42,48)/t24-,25+,26-,27+,28+,29-,31-,32-/m0/s1. The summed E-state index contributed by atoms with van der Waals surface area (Å²) in [6.45, 7) is 15.8. The number of cyclic esters (lactones) is 1. The SMILES string of the molecule is CC[C@H](C)[C@@H]1NC(=O)[C@@H](CC(C)C)NC(=O)[C@H]([C@@H](C)O)NC(=O)[C@H](CO)NC(=O)[C@@H](CC(C)C)NC(=O)C[C@H](CCCCCCC(C)C)OC1=O. The molecular weight excluding hydrogens is 658 g/mol. The average molecular weight is 726 g/mol. The van der Waals surface area contributed by atoms with Crippen LogP contribution in [-0.2, 0) is 33.5 Å². The van der Waals surface area contributed by atoms with E-state index >= 15 is 0 Å². The molecule has 0 saturated carbocycles. The van der Waals surface area contributed by atoms with E-state index in [0.717, 1.165) is 25.7 Å². The third-order valence-corrected chi connectivity index (χ3v) is 9.10. The maximum atomic E-state index is 13.8. The summed E-state index contributed by atoms with van der Waals surface area (Å²) in [4.78, 5) is 81.2. The summed E-state index contributed by atoms with van der Waals surface area (Å²) in [5.41, 5.74) is 0. The van der Waals surface area contributed by atoms with E-state index in [1.165, 1.54) is 6.92 Å². The molecule has 1 saturated heterocycles. The van der Waals surface area contributed by atoms with Crippen LogP contribution in [0.1, 0.15) is 127 Å². The van der Waals surface area contributed by atoms with E-state index < -0.39 is 84.5 Å². The summed E-state index contributed by atoms with van der Waals surface area (Å²) >= 11 is 0. The lowest BCUT2D eigenvalue weighted by Crippen LogP contribution is -2.62. The Morgan fingerprint density at radius 3 is 1.69 bits per heavy atom. The van der Waals surface area contributed by atoms with Gasteiger partial charge in [0.1, 0.15) is 36.3 Å². The number of unbranched alkanes of at least 4 members (excludes halogenated alkanes) is 3. The predicted octanol–water partition coefficient (Wildman–Crippen LogP) is 2.23. The van der Waals surface area contributed by atoms with Crippen molar-refractivity contribution in [1.29, 1.82) is 0 Å². The van der Waals surface area contributed by atoms with E-state index in [1.807, 2.05) is 34.6 Å². The topological polar surface area (TPSA) is 212 Å². The highest BCUT2D eigenvalue weighted by Gasteiger charge is 2.37. The van der Waals surface area contributed by atoms with Gasteiger partial charge >= 0.3 is 5.97 Å². The number of carbonyl (C=O) groups excluding carboxylic acids is 6. The van der Waals surface area contributed by atoms with E-state index in [1.54, 1.807) is 6.92 Å². The molecule has 14 heteroatoms. The van der Waals surface area contributed by atoms with Gasteiger partial charge in [-0.1, -0.05) is 87.5 Å². The van der Waals surface area contributed by atoms with Gasteiger partial charge in [-0.3, -0.25) is 24.0 Å². The molecule has 1 rings (SSSR count). The second-order valence-electron chi connectivity index (χ2n) is 15.4. The van der Waals surface area contributed by atoms with Gasteiger partial charge < -0.3 is 41.5 Å². The first kappa shape index (κ1) is 45.8. The van der Waals surface area contributed by atoms with Gasteiger partial charge in [0.15, 0.2) is 0 Å². The highest BCUT2D eigenvalue weighted by molar-refractivity contribution is 5.96. The smallest absolute Gasteiger partial charge is 0.329 e. The number of aliphatic hydroxyl groups is 2. The molecule has 14 nitrogen and oxygen atoms in total. The second-order valence-corrected chi connectivity index (χ2v) is 15.4. The van der Waals surface area contributed by atoms with Crippen LogP contribution >= 0.6 is 0 Å². The van der Waals surface area contributed by atoms with Crippen molar-refractivity contribution in [2.45, 2.75) is 169 Å². The Balaban J connectivity index is 3.60. The van der Waals surface area contributed by atoms with Gasteiger partial charge in [0.05, 0.1) is 19.1 Å². The van der Waals surface area contributed by atoms with Crippen molar-refractivity contribution in [3.8, 4) is 0 Å².